The first-order valence-electron chi connectivity index (χ1n) is 3.64. The van der Waals surface area contributed by atoms with Gasteiger partial charge < -0.3 is 4.74 Å². The van der Waals surface area contributed by atoms with E-state index in [0.717, 1.165) is 10.8 Å². The van der Waals surface area contributed by atoms with Gasteiger partial charge in [-0.1, -0.05) is 28.7 Å². The Morgan fingerprint density at radius 3 is 3.09 bits per heavy atom. The SMILES string of the molecule is C=CC[C@@H]1OC(=O)C[C@H]1CI. The summed E-state index contributed by atoms with van der Waals surface area (Å²) in [5.41, 5.74) is 0. The maximum Gasteiger partial charge on any atom is 0.306 e. The Kier molecular flexibility index (Phi) is 3.36. The topological polar surface area (TPSA) is 26.3 Å². The molecule has 1 rings (SSSR count). The molecule has 11 heavy (non-hydrogen) atoms. The second-order valence-corrected chi connectivity index (χ2v) is 3.55. The Morgan fingerprint density at radius 2 is 2.55 bits per heavy atom. The van der Waals surface area contributed by atoms with Gasteiger partial charge in [0.25, 0.3) is 0 Å². The summed E-state index contributed by atoms with van der Waals surface area (Å²) >= 11 is 2.29. The molecular weight excluding hydrogens is 255 g/mol. The van der Waals surface area contributed by atoms with E-state index < -0.39 is 0 Å². The van der Waals surface area contributed by atoms with Gasteiger partial charge in [0, 0.05) is 16.8 Å². The third kappa shape index (κ3) is 2.18. The van der Waals surface area contributed by atoms with Crippen molar-refractivity contribution in [3.05, 3.63) is 12.7 Å². The molecule has 0 aromatic heterocycles. The Bertz CT molecular complexity index is 167. The van der Waals surface area contributed by atoms with Crippen LogP contribution in [0, 0.1) is 5.92 Å². The van der Waals surface area contributed by atoms with Crippen molar-refractivity contribution in [2.75, 3.05) is 4.43 Å². The largest absolute Gasteiger partial charge is 0.462 e. The van der Waals surface area contributed by atoms with Gasteiger partial charge in [0.2, 0.25) is 0 Å². The lowest BCUT2D eigenvalue weighted by molar-refractivity contribution is -0.141. The molecule has 0 unspecified atom stereocenters. The Labute approximate surface area is 80.1 Å². The van der Waals surface area contributed by atoms with Gasteiger partial charge >= 0.3 is 5.97 Å². The van der Waals surface area contributed by atoms with Gasteiger partial charge in [-0.25, -0.2) is 0 Å². The zero-order chi connectivity index (χ0) is 8.27. The van der Waals surface area contributed by atoms with Gasteiger partial charge in [0.1, 0.15) is 6.10 Å². The van der Waals surface area contributed by atoms with Crippen LogP contribution in [-0.4, -0.2) is 16.5 Å². The minimum atomic E-state index is -0.0569. The van der Waals surface area contributed by atoms with Crippen LogP contribution < -0.4 is 0 Å². The molecule has 0 aromatic carbocycles. The van der Waals surface area contributed by atoms with Gasteiger partial charge in [-0.05, 0) is 0 Å². The first-order chi connectivity index (χ1) is 5.27. The van der Waals surface area contributed by atoms with Crippen LogP contribution in [0.5, 0.6) is 0 Å². The third-order valence-electron chi connectivity index (χ3n) is 1.83. The number of cyclic esters (lactones) is 1. The van der Waals surface area contributed by atoms with Crippen molar-refractivity contribution < 1.29 is 9.53 Å². The lowest BCUT2D eigenvalue weighted by atomic mass is 10.0. The standard InChI is InChI=1S/C8H11IO2/c1-2-3-7-6(5-9)4-8(10)11-7/h2,6-7H,1,3-5H2/t6-,7-/m0/s1. The molecule has 0 bridgehead atoms. The number of hydrogen-bond acceptors (Lipinski definition) is 2. The van der Waals surface area contributed by atoms with E-state index in [2.05, 4.69) is 29.2 Å². The summed E-state index contributed by atoms with van der Waals surface area (Å²) < 4.78 is 6.08. The molecule has 1 heterocycles. The normalized spacial score (nSPS) is 30.1. The minimum absolute atomic E-state index is 0.0569. The molecule has 3 heteroatoms. The van der Waals surface area contributed by atoms with Gasteiger partial charge in [0.05, 0.1) is 6.42 Å². The smallest absolute Gasteiger partial charge is 0.306 e. The van der Waals surface area contributed by atoms with E-state index >= 15 is 0 Å². The van der Waals surface area contributed by atoms with Crippen LogP contribution in [0.25, 0.3) is 0 Å². The summed E-state index contributed by atoms with van der Waals surface area (Å²) in [6.45, 7) is 3.62. The van der Waals surface area contributed by atoms with Crippen LogP contribution in [0.2, 0.25) is 0 Å². The van der Waals surface area contributed by atoms with E-state index in [1.165, 1.54) is 0 Å². The maximum absolute atomic E-state index is 10.8. The van der Waals surface area contributed by atoms with E-state index in [4.69, 9.17) is 4.74 Å². The molecule has 1 aliphatic rings. The number of rotatable bonds is 3. The molecule has 0 radical (unpaired) electrons. The fraction of sp³-hybridized carbons (Fsp3) is 0.625. The molecule has 0 aliphatic carbocycles. The lowest BCUT2D eigenvalue weighted by Crippen LogP contribution is -2.15. The molecular formula is C8H11IO2. The van der Waals surface area contributed by atoms with Crippen LogP contribution in [0.3, 0.4) is 0 Å². The monoisotopic (exact) mass is 266 g/mol. The Hall–Kier alpha value is -0.0600. The molecule has 2 atom stereocenters. The van der Waals surface area contributed by atoms with Crippen molar-refractivity contribution in [3.8, 4) is 0 Å². The molecule has 62 valence electrons. The van der Waals surface area contributed by atoms with Crippen LogP contribution in [0.1, 0.15) is 12.8 Å². The Balaban J connectivity index is 2.49. The van der Waals surface area contributed by atoms with Gasteiger partial charge in [-0.2, -0.15) is 0 Å². The molecule has 1 fully saturated rings. The van der Waals surface area contributed by atoms with Crippen molar-refractivity contribution in [1.82, 2.24) is 0 Å². The van der Waals surface area contributed by atoms with Crippen LogP contribution in [-0.2, 0) is 9.53 Å². The highest BCUT2D eigenvalue weighted by Crippen LogP contribution is 2.26. The molecule has 0 N–H and O–H groups in total. The number of hydrogen-bond donors (Lipinski definition) is 0. The summed E-state index contributed by atoms with van der Waals surface area (Å²) in [7, 11) is 0. The van der Waals surface area contributed by atoms with E-state index in [9.17, 15) is 4.79 Å². The van der Waals surface area contributed by atoms with Gasteiger partial charge in [-0.3, -0.25) is 4.79 Å². The zero-order valence-electron chi connectivity index (χ0n) is 6.25. The second-order valence-electron chi connectivity index (χ2n) is 2.67. The van der Waals surface area contributed by atoms with E-state index in [0.29, 0.717) is 12.3 Å². The zero-order valence-corrected chi connectivity index (χ0v) is 8.41. The summed E-state index contributed by atoms with van der Waals surface area (Å²) in [6.07, 6.45) is 3.28. The number of esters is 1. The highest BCUT2D eigenvalue weighted by Gasteiger charge is 2.32. The summed E-state index contributed by atoms with van der Waals surface area (Å²) in [4.78, 5) is 10.8. The molecule has 1 aliphatic heterocycles. The summed E-state index contributed by atoms with van der Waals surface area (Å²) in [6, 6.07) is 0. The number of alkyl halides is 1. The van der Waals surface area contributed by atoms with Crippen molar-refractivity contribution in [2.24, 2.45) is 5.92 Å². The number of halogens is 1. The molecule has 0 aromatic rings. The van der Waals surface area contributed by atoms with Crippen LogP contribution in [0.4, 0.5) is 0 Å². The predicted molar refractivity (Wildman–Crippen MR) is 51.7 cm³/mol. The molecule has 0 amide bonds. The molecule has 0 saturated carbocycles. The van der Waals surface area contributed by atoms with Crippen molar-refractivity contribution in [2.45, 2.75) is 18.9 Å². The molecule has 0 spiro atoms. The average Bonchev–Trinajstić information content (AvgIpc) is 2.32. The van der Waals surface area contributed by atoms with Crippen molar-refractivity contribution in [1.29, 1.82) is 0 Å². The van der Waals surface area contributed by atoms with Gasteiger partial charge in [0.15, 0.2) is 0 Å². The van der Waals surface area contributed by atoms with Crippen LogP contribution >= 0.6 is 22.6 Å². The maximum atomic E-state index is 10.8. The number of ether oxygens (including phenoxy) is 1. The fourth-order valence-corrected chi connectivity index (χ4v) is 2.10. The average molecular weight is 266 g/mol. The number of carbonyl (C=O) groups excluding carboxylic acids is 1. The first kappa shape index (κ1) is 9.03. The second kappa shape index (κ2) is 4.09. The van der Waals surface area contributed by atoms with E-state index in [1.54, 1.807) is 0 Å². The van der Waals surface area contributed by atoms with E-state index in [1.807, 2.05) is 6.08 Å². The fourth-order valence-electron chi connectivity index (χ4n) is 1.22. The third-order valence-corrected chi connectivity index (χ3v) is 2.97. The predicted octanol–water partition coefficient (Wildman–Crippen LogP) is 1.93. The first-order valence-corrected chi connectivity index (χ1v) is 5.16. The lowest BCUT2D eigenvalue weighted by Gasteiger charge is -2.11. The van der Waals surface area contributed by atoms with Gasteiger partial charge in [-0.15, -0.1) is 6.58 Å². The van der Waals surface area contributed by atoms with Crippen molar-refractivity contribution in [3.63, 3.8) is 0 Å². The minimum Gasteiger partial charge on any atom is -0.462 e. The summed E-state index contributed by atoms with van der Waals surface area (Å²) in [5, 5.41) is 0. The quantitative estimate of drug-likeness (QED) is 0.337. The van der Waals surface area contributed by atoms with E-state index in [-0.39, 0.29) is 12.1 Å². The highest BCUT2D eigenvalue weighted by molar-refractivity contribution is 14.1. The van der Waals surface area contributed by atoms with Crippen molar-refractivity contribution >= 4 is 28.6 Å². The highest BCUT2D eigenvalue weighted by atomic mass is 127. The Morgan fingerprint density at radius 1 is 1.82 bits per heavy atom. The molecule has 2 nitrogen and oxygen atoms in total. The molecule has 1 saturated heterocycles. The van der Waals surface area contributed by atoms with Crippen LogP contribution in [0.15, 0.2) is 12.7 Å². The summed E-state index contributed by atoms with van der Waals surface area (Å²) in [5.74, 6) is 0.347. The number of carbonyl (C=O) groups is 1.